The largest absolute Gasteiger partial charge is 0.464 e. The van der Waals surface area contributed by atoms with E-state index in [1.165, 1.54) is 12.8 Å². The molecule has 7 atom stereocenters. The topological polar surface area (TPSA) is 191 Å². The number of nitrogens with zero attached hydrogens (tertiary/aromatic N) is 8. The minimum absolute atomic E-state index is 0.0125. The van der Waals surface area contributed by atoms with Crippen LogP contribution in [-0.2, 0) is 51.0 Å². The maximum atomic E-state index is 15.6. The summed E-state index contributed by atoms with van der Waals surface area (Å²) in [6, 6.07) is 13.4. The molecular formula is C64H82N10O9. The molecule has 4 aromatic heterocycles. The third-order valence-electron chi connectivity index (χ3n) is 20.0. The summed E-state index contributed by atoms with van der Waals surface area (Å²) >= 11 is 0. The predicted molar refractivity (Wildman–Crippen MR) is 310 cm³/mol. The van der Waals surface area contributed by atoms with Crippen molar-refractivity contribution in [3.63, 3.8) is 0 Å². The molecule has 0 unspecified atom stereocenters. The van der Waals surface area contributed by atoms with Gasteiger partial charge in [0.1, 0.15) is 29.6 Å². The number of nitrogens with one attached hydrogen (secondary N) is 2. The summed E-state index contributed by atoms with van der Waals surface area (Å²) in [4.78, 5) is 67.9. The second kappa shape index (κ2) is 21.0. The lowest BCUT2D eigenvalue weighted by Gasteiger charge is -2.58. The van der Waals surface area contributed by atoms with Crippen LogP contribution in [-0.4, -0.2) is 167 Å². The van der Waals surface area contributed by atoms with Crippen LogP contribution in [0.3, 0.4) is 0 Å². The van der Waals surface area contributed by atoms with Crippen molar-refractivity contribution in [3.05, 3.63) is 84.0 Å². The van der Waals surface area contributed by atoms with Gasteiger partial charge in [0.05, 0.1) is 67.5 Å². The molecule has 3 saturated carbocycles. The monoisotopic (exact) mass is 1130 g/mol. The summed E-state index contributed by atoms with van der Waals surface area (Å²) in [7, 11) is 1.74. The number of esters is 1. The van der Waals surface area contributed by atoms with Crippen molar-refractivity contribution in [2.24, 2.45) is 28.6 Å². The van der Waals surface area contributed by atoms with Gasteiger partial charge in [-0.25, -0.2) is 15.2 Å². The van der Waals surface area contributed by atoms with E-state index < -0.39 is 29.0 Å². The van der Waals surface area contributed by atoms with Gasteiger partial charge in [-0.1, -0.05) is 32.9 Å². The zero-order valence-electron chi connectivity index (χ0n) is 49.4. The second-order valence-electron chi connectivity index (χ2n) is 27.5. The summed E-state index contributed by atoms with van der Waals surface area (Å²) in [5.41, 5.74) is 9.72. The Kier molecular flexibility index (Phi) is 13.9. The third-order valence-corrected chi connectivity index (χ3v) is 20.0. The Morgan fingerprint density at radius 1 is 0.952 bits per heavy atom. The molecule has 19 nitrogen and oxygen atoms in total. The van der Waals surface area contributed by atoms with Gasteiger partial charge in [-0.05, 0) is 107 Å². The van der Waals surface area contributed by atoms with E-state index in [0.717, 1.165) is 89.4 Å². The van der Waals surface area contributed by atoms with Gasteiger partial charge in [0, 0.05) is 135 Å². The molecule has 2 spiro atoms. The zero-order valence-corrected chi connectivity index (χ0v) is 49.4. The van der Waals surface area contributed by atoms with Crippen LogP contribution in [0.4, 0.5) is 5.69 Å². The molecule has 7 aliphatic heterocycles. The minimum Gasteiger partial charge on any atom is -0.464 e. The minimum atomic E-state index is -1.13. The molecule has 7 bridgehead atoms. The number of carbonyl (C=O) groups is 3. The number of rotatable bonds is 13. The molecule has 15 rings (SSSR count). The third kappa shape index (κ3) is 10.3. The molecule has 6 saturated heterocycles. The number of pyridine rings is 2. The average molecular weight is 1140 g/mol. The summed E-state index contributed by atoms with van der Waals surface area (Å²) in [5, 5.41) is 5.89. The highest BCUT2D eigenvalue weighted by Gasteiger charge is 2.61. The Bertz CT molecular complexity index is 3280. The Labute approximate surface area is 486 Å². The number of piperazine rings is 1. The van der Waals surface area contributed by atoms with E-state index in [9.17, 15) is 9.59 Å². The van der Waals surface area contributed by atoms with E-state index in [1.807, 2.05) is 24.4 Å². The Hall–Kier alpha value is -5.80. The number of oxazole rings is 1. The van der Waals surface area contributed by atoms with Crippen molar-refractivity contribution in [2.75, 3.05) is 90.9 Å². The van der Waals surface area contributed by atoms with Crippen molar-refractivity contribution in [1.82, 2.24) is 45.1 Å². The standard InChI is InChI=1S/C64H82N10O9/c1-38-51(48-10-8-9-16-65-48)52(38)57(75)68-54-56(72-33-63(34-72)36-79-37-63)58-67-49(32-81-58)41-11-14-50-45(24-41)47(29-61(3,4)35-82-60(77)64-26-40(27-64)31-74(69-64)59(54)76)55(73(50)21-23-80-44-15-22-83-62(5,6)28-44)46-25-43(30-66-53(46)39(2)78-7)71-19-17-70(18-20-71)42-12-13-42/h8-11,14,16,24-25,30,32,38-40,42,44,51-52,54,56,69H,12-13,15,17-23,26-29,31,33-37H2,1-7H3,(H,68,75)/t38-,39-,40?,44-,51-,52+,54-,56-,64?/m0/s1. The van der Waals surface area contributed by atoms with Gasteiger partial charge in [0.15, 0.2) is 0 Å². The normalized spacial score (nSPS) is 30.7. The van der Waals surface area contributed by atoms with E-state index in [4.69, 9.17) is 38.1 Å². The number of aromatic nitrogens is 4. The van der Waals surface area contributed by atoms with Crippen molar-refractivity contribution >= 4 is 34.4 Å². The first-order valence-electron chi connectivity index (χ1n) is 30.7. The number of amides is 2. The summed E-state index contributed by atoms with van der Waals surface area (Å²) in [6.07, 6.45) is 11.0. The highest BCUT2D eigenvalue weighted by Crippen LogP contribution is 2.54. The number of ether oxygens (including phenoxy) is 5. The van der Waals surface area contributed by atoms with Gasteiger partial charge in [-0.3, -0.25) is 34.4 Å². The molecule has 9 fully saturated rings. The molecule has 1 aromatic carbocycles. The lowest BCUT2D eigenvalue weighted by molar-refractivity contribution is -0.205. The Balaban J connectivity index is 0.903. The van der Waals surface area contributed by atoms with E-state index in [0.29, 0.717) is 89.5 Å². The van der Waals surface area contributed by atoms with Crippen LogP contribution in [0.1, 0.15) is 121 Å². The highest BCUT2D eigenvalue weighted by atomic mass is 16.5. The molecule has 2 N–H and O–H groups in total. The van der Waals surface area contributed by atoms with Crippen molar-refractivity contribution in [1.29, 1.82) is 0 Å². The fourth-order valence-corrected chi connectivity index (χ4v) is 15.2. The van der Waals surface area contributed by atoms with Gasteiger partial charge in [-0.15, -0.1) is 0 Å². The molecule has 83 heavy (non-hydrogen) atoms. The number of methoxy groups -OCH3 is 1. The fraction of sp³-hybridized carbons (Fsp3) is 0.625. The van der Waals surface area contributed by atoms with E-state index in [-0.39, 0.29) is 65.4 Å². The number of carbonyl (C=O) groups excluding carboxylic acids is 3. The Morgan fingerprint density at radius 3 is 2.48 bits per heavy atom. The number of anilines is 1. The molecular weight excluding hydrogens is 1050 g/mol. The van der Waals surface area contributed by atoms with Crippen LogP contribution in [0.15, 0.2) is 65.5 Å². The Morgan fingerprint density at radius 2 is 1.76 bits per heavy atom. The molecule has 5 aromatic rings. The van der Waals surface area contributed by atoms with Gasteiger partial charge in [-0.2, -0.15) is 0 Å². The summed E-state index contributed by atoms with van der Waals surface area (Å²) in [5.74, 6) is -1.06. The number of hydrazine groups is 1. The lowest BCUT2D eigenvalue weighted by Crippen LogP contribution is -2.76. The van der Waals surface area contributed by atoms with Crippen molar-refractivity contribution in [2.45, 2.75) is 140 Å². The van der Waals surface area contributed by atoms with Crippen LogP contribution in [0.2, 0.25) is 0 Å². The first-order chi connectivity index (χ1) is 40.0. The maximum Gasteiger partial charge on any atom is 0.328 e. The first kappa shape index (κ1) is 55.1. The number of cyclic esters (lactones) is 1. The van der Waals surface area contributed by atoms with Gasteiger partial charge < -0.3 is 42.9 Å². The molecule has 2 amide bonds. The van der Waals surface area contributed by atoms with E-state index >= 15 is 4.79 Å². The van der Waals surface area contributed by atoms with Crippen LogP contribution >= 0.6 is 0 Å². The number of likely N-dealkylation sites (tertiary alicyclic amines) is 1. The van der Waals surface area contributed by atoms with E-state index in [1.54, 1.807) is 24.6 Å². The quantitative estimate of drug-likeness (QED) is 0.112. The average Bonchev–Trinajstić information content (AvgIpc) is 3.64. The highest BCUT2D eigenvalue weighted by molar-refractivity contribution is 5.96. The van der Waals surface area contributed by atoms with Crippen LogP contribution < -0.4 is 15.6 Å². The van der Waals surface area contributed by atoms with Crippen molar-refractivity contribution < 1.29 is 42.5 Å². The predicted octanol–water partition coefficient (Wildman–Crippen LogP) is 7.25. The summed E-state index contributed by atoms with van der Waals surface area (Å²) in [6.45, 7) is 21.3. The number of benzene rings is 1. The maximum absolute atomic E-state index is 15.6. The second-order valence-corrected chi connectivity index (χ2v) is 27.5. The molecule has 10 aliphatic rings. The van der Waals surface area contributed by atoms with Crippen LogP contribution in [0, 0.1) is 28.6 Å². The zero-order chi connectivity index (χ0) is 57.2. The molecule has 3 aliphatic carbocycles. The van der Waals surface area contributed by atoms with Gasteiger partial charge in [0.2, 0.25) is 11.8 Å². The van der Waals surface area contributed by atoms with E-state index in [2.05, 4.69) is 101 Å². The molecule has 19 heteroatoms. The summed E-state index contributed by atoms with van der Waals surface area (Å²) < 4.78 is 40.5. The smallest absolute Gasteiger partial charge is 0.328 e. The van der Waals surface area contributed by atoms with Gasteiger partial charge >= 0.3 is 5.97 Å². The molecule has 442 valence electrons. The van der Waals surface area contributed by atoms with Crippen LogP contribution in [0.5, 0.6) is 0 Å². The number of hydrogen-bond acceptors (Lipinski definition) is 16. The SMILES string of the molecule is CO[C@@H](C)c1ncc(N2CCN(C3CC3)CC2)cc1-c1c2c3cc(ccc3n1CCO[C@H]1CCOC(C)(C)C1)-c1coc(n1)[C@@H](N1CC3(COC3)C1)[C@H](NC(=O)[C@@H]1[C@@H](C)[C@H]1c1ccccn1)C(=O)N1CC3CC(C3)(N1)C(=O)OCC(C)(C)C2. The number of fused-ring (bicyclic) bond motifs is 4. The fourth-order valence-electron chi connectivity index (χ4n) is 15.2. The molecule has 0 radical (unpaired) electrons. The lowest BCUT2D eigenvalue weighted by atomic mass is 9.66. The van der Waals surface area contributed by atoms with Gasteiger partial charge in [0.25, 0.3) is 5.91 Å². The van der Waals surface area contributed by atoms with Crippen LogP contribution in [0.25, 0.3) is 33.4 Å². The van der Waals surface area contributed by atoms with Crippen molar-refractivity contribution in [3.8, 4) is 22.5 Å². The molecule has 11 heterocycles. The number of hydrogen-bond donors (Lipinski definition) is 2. The first-order valence-corrected chi connectivity index (χ1v) is 30.7.